The van der Waals surface area contributed by atoms with Crippen LogP contribution in [0.5, 0.6) is 0 Å². The van der Waals surface area contributed by atoms with Crippen LogP contribution in [0.15, 0.2) is 24.3 Å². The summed E-state index contributed by atoms with van der Waals surface area (Å²) in [6, 6.07) is 5.34. The number of halogens is 3. The molecule has 118 valence electrons. The minimum atomic E-state index is -4.40. The van der Waals surface area contributed by atoms with Crippen molar-refractivity contribution in [3.05, 3.63) is 35.4 Å². The lowest BCUT2D eigenvalue weighted by Gasteiger charge is -2.22. The molecule has 1 aromatic carbocycles. The van der Waals surface area contributed by atoms with Gasteiger partial charge in [-0.3, -0.25) is 4.79 Å². The van der Waals surface area contributed by atoms with E-state index in [1.807, 2.05) is 20.8 Å². The average Bonchev–Trinajstić information content (AvgIpc) is 2.34. The number of nitrogens with zero attached hydrogens (tertiary/aromatic N) is 1. The topological polar surface area (TPSA) is 20.3 Å². The number of amides is 1. The standard InChI is InChI=1S/C15H20F3NOS/c1-14(2,3)21-10-13(20)19(4)9-11-7-5-6-8-12(11)15(16,17)18/h5-8H,9-10H2,1-4H3. The highest BCUT2D eigenvalue weighted by molar-refractivity contribution is 8.01. The van der Waals surface area contributed by atoms with Gasteiger partial charge in [-0.15, -0.1) is 11.8 Å². The lowest BCUT2D eigenvalue weighted by Crippen LogP contribution is -2.30. The van der Waals surface area contributed by atoms with Crippen molar-refractivity contribution in [3.63, 3.8) is 0 Å². The third-order valence-corrected chi connectivity index (χ3v) is 4.04. The molecular weight excluding hydrogens is 299 g/mol. The molecule has 0 saturated heterocycles. The van der Waals surface area contributed by atoms with E-state index in [1.54, 1.807) is 6.07 Å². The highest BCUT2D eigenvalue weighted by Gasteiger charge is 2.33. The lowest BCUT2D eigenvalue weighted by molar-refractivity contribution is -0.139. The van der Waals surface area contributed by atoms with Gasteiger partial charge in [0.15, 0.2) is 0 Å². The summed E-state index contributed by atoms with van der Waals surface area (Å²) in [6.07, 6.45) is -4.40. The van der Waals surface area contributed by atoms with Gasteiger partial charge in [0, 0.05) is 18.3 Å². The molecule has 0 N–H and O–H groups in total. The molecule has 0 fully saturated rings. The second kappa shape index (κ2) is 6.73. The first-order valence-electron chi connectivity index (χ1n) is 6.54. The molecule has 21 heavy (non-hydrogen) atoms. The van der Waals surface area contributed by atoms with Crippen LogP contribution in [-0.4, -0.2) is 28.4 Å². The van der Waals surface area contributed by atoms with Gasteiger partial charge in [0.05, 0.1) is 11.3 Å². The molecule has 0 aliphatic heterocycles. The number of carbonyl (C=O) groups is 1. The first kappa shape index (κ1) is 17.9. The van der Waals surface area contributed by atoms with Gasteiger partial charge in [0.2, 0.25) is 5.91 Å². The summed E-state index contributed by atoms with van der Waals surface area (Å²) < 4.78 is 38.6. The van der Waals surface area contributed by atoms with Crippen LogP contribution in [-0.2, 0) is 17.5 Å². The normalized spacial score (nSPS) is 12.3. The van der Waals surface area contributed by atoms with E-state index in [0.29, 0.717) is 0 Å². The van der Waals surface area contributed by atoms with E-state index >= 15 is 0 Å². The van der Waals surface area contributed by atoms with Crippen molar-refractivity contribution in [3.8, 4) is 0 Å². The minimum Gasteiger partial charge on any atom is -0.341 e. The van der Waals surface area contributed by atoms with Crippen molar-refractivity contribution in [2.24, 2.45) is 0 Å². The Kier molecular flexibility index (Phi) is 5.73. The monoisotopic (exact) mass is 319 g/mol. The molecule has 0 aromatic heterocycles. The number of hydrogen-bond donors (Lipinski definition) is 0. The summed E-state index contributed by atoms with van der Waals surface area (Å²) in [7, 11) is 1.53. The zero-order valence-corrected chi connectivity index (χ0v) is 13.4. The van der Waals surface area contributed by atoms with E-state index in [2.05, 4.69) is 0 Å². The molecule has 0 atom stereocenters. The van der Waals surface area contributed by atoms with Gasteiger partial charge in [-0.2, -0.15) is 13.2 Å². The van der Waals surface area contributed by atoms with Crippen molar-refractivity contribution in [2.45, 2.75) is 38.2 Å². The highest BCUT2D eigenvalue weighted by Crippen LogP contribution is 2.32. The number of benzene rings is 1. The second-order valence-corrected chi connectivity index (χ2v) is 7.61. The van der Waals surface area contributed by atoms with Crippen LogP contribution in [0, 0.1) is 0 Å². The van der Waals surface area contributed by atoms with Gasteiger partial charge in [0.1, 0.15) is 0 Å². The van der Waals surface area contributed by atoms with Crippen LogP contribution < -0.4 is 0 Å². The molecule has 0 aliphatic rings. The maximum absolute atomic E-state index is 12.9. The van der Waals surface area contributed by atoms with Crippen LogP contribution >= 0.6 is 11.8 Å². The summed E-state index contributed by atoms with van der Waals surface area (Å²) in [4.78, 5) is 13.3. The summed E-state index contributed by atoms with van der Waals surface area (Å²) >= 11 is 1.48. The summed E-state index contributed by atoms with van der Waals surface area (Å²) in [5, 5.41) is 0. The largest absolute Gasteiger partial charge is 0.416 e. The highest BCUT2D eigenvalue weighted by atomic mass is 32.2. The van der Waals surface area contributed by atoms with Crippen LogP contribution in [0.4, 0.5) is 13.2 Å². The zero-order chi connectivity index (χ0) is 16.3. The molecule has 1 amide bonds. The molecule has 0 unspecified atom stereocenters. The Hall–Kier alpha value is -1.17. The van der Waals surface area contributed by atoms with E-state index in [4.69, 9.17) is 0 Å². The number of carbonyl (C=O) groups excluding carboxylic acids is 1. The Morgan fingerprint density at radius 1 is 1.19 bits per heavy atom. The maximum Gasteiger partial charge on any atom is 0.416 e. The van der Waals surface area contributed by atoms with Crippen LogP contribution in [0.1, 0.15) is 31.9 Å². The van der Waals surface area contributed by atoms with Crippen molar-refractivity contribution in [1.29, 1.82) is 0 Å². The smallest absolute Gasteiger partial charge is 0.341 e. The zero-order valence-electron chi connectivity index (χ0n) is 12.6. The first-order chi connectivity index (χ1) is 9.50. The van der Waals surface area contributed by atoms with Crippen LogP contribution in [0.25, 0.3) is 0 Å². The minimum absolute atomic E-state index is 0.0424. The molecule has 0 aliphatic carbocycles. The molecule has 0 saturated carbocycles. The van der Waals surface area contributed by atoms with Crippen molar-refractivity contribution in [1.82, 2.24) is 4.90 Å². The predicted molar refractivity (Wildman–Crippen MR) is 80.1 cm³/mol. The second-order valence-electron chi connectivity index (χ2n) is 5.81. The molecule has 1 aromatic rings. The van der Waals surface area contributed by atoms with E-state index in [1.165, 1.54) is 35.8 Å². The Morgan fingerprint density at radius 3 is 2.29 bits per heavy atom. The summed E-state index contributed by atoms with van der Waals surface area (Å²) in [5.41, 5.74) is -0.574. The van der Waals surface area contributed by atoms with Crippen LogP contribution in [0.2, 0.25) is 0 Å². The fourth-order valence-electron chi connectivity index (χ4n) is 1.67. The number of thioether (sulfide) groups is 1. The Bertz CT molecular complexity index is 494. The van der Waals surface area contributed by atoms with E-state index in [-0.39, 0.29) is 28.5 Å². The van der Waals surface area contributed by atoms with Crippen LogP contribution in [0.3, 0.4) is 0 Å². The number of rotatable bonds is 4. The van der Waals surface area contributed by atoms with Gasteiger partial charge >= 0.3 is 6.18 Å². The van der Waals surface area contributed by atoms with Crippen molar-refractivity contribution >= 4 is 17.7 Å². The fourth-order valence-corrected chi connectivity index (χ4v) is 2.44. The molecule has 0 bridgehead atoms. The van der Waals surface area contributed by atoms with Gasteiger partial charge in [-0.1, -0.05) is 39.0 Å². The van der Waals surface area contributed by atoms with Gasteiger partial charge in [-0.25, -0.2) is 0 Å². The molecular formula is C15H20F3NOS. The van der Waals surface area contributed by atoms with E-state index in [9.17, 15) is 18.0 Å². The van der Waals surface area contributed by atoms with Crippen molar-refractivity contribution < 1.29 is 18.0 Å². The average molecular weight is 319 g/mol. The number of alkyl halides is 3. The molecule has 0 heterocycles. The quantitative estimate of drug-likeness (QED) is 0.829. The van der Waals surface area contributed by atoms with Gasteiger partial charge in [0.25, 0.3) is 0 Å². The maximum atomic E-state index is 12.9. The third kappa shape index (κ3) is 5.99. The lowest BCUT2D eigenvalue weighted by atomic mass is 10.1. The molecule has 6 heteroatoms. The Labute approximate surface area is 127 Å². The summed E-state index contributed by atoms with van der Waals surface area (Å²) in [5.74, 6) is 0.0840. The Balaban J connectivity index is 2.75. The van der Waals surface area contributed by atoms with Gasteiger partial charge < -0.3 is 4.90 Å². The van der Waals surface area contributed by atoms with E-state index < -0.39 is 11.7 Å². The van der Waals surface area contributed by atoms with Gasteiger partial charge in [-0.05, 0) is 11.6 Å². The molecule has 1 rings (SSSR count). The van der Waals surface area contributed by atoms with E-state index in [0.717, 1.165) is 6.07 Å². The summed E-state index contributed by atoms with van der Waals surface area (Å²) in [6.45, 7) is 5.93. The number of hydrogen-bond acceptors (Lipinski definition) is 2. The fraction of sp³-hybridized carbons (Fsp3) is 0.533. The molecule has 2 nitrogen and oxygen atoms in total. The SMILES string of the molecule is CN(Cc1ccccc1C(F)(F)F)C(=O)CSC(C)(C)C. The molecule has 0 spiro atoms. The molecule has 0 radical (unpaired) electrons. The predicted octanol–water partition coefficient (Wildman–Crippen LogP) is 4.20. The Morgan fingerprint density at radius 2 is 1.76 bits per heavy atom. The third-order valence-electron chi connectivity index (χ3n) is 2.78. The first-order valence-corrected chi connectivity index (χ1v) is 7.52. The van der Waals surface area contributed by atoms with Crippen molar-refractivity contribution in [2.75, 3.05) is 12.8 Å².